The zero-order chi connectivity index (χ0) is 19.8. The highest BCUT2D eigenvalue weighted by atomic mass is 79.9. The van der Waals surface area contributed by atoms with E-state index in [1.807, 2.05) is 0 Å². The summed E-state index contributed by atoms with van der Waals surface area (Å²) in [4.78, 5) is 17.1. The molecule has 1 aliphatic carbocycles. The second-order valence-electron chi connectivity index (χ2n) is 6.29. The van der Waals surface area contributed by atoms with Crippen molar-refractivity contribution in [1.82, 2.24) is 4.98 Å². The number of Topliss-reactive ketones (excluding diaryl/α,β-unsaturated/α-hetero) is 1. The molecule has 0 bridgehead atoms. The molecule has 1 aromatic heterocycles. The smallest absolute Gasteiger partial charge is 0.199 e. The second-order valence-corrected chi connectivity index (χ2v) is 9.39. The summed E-state index contributed by atoms with van der Waals surface area (Å²) >= 11 is 3.27. The van der Waals surface area contributed by atoms with Crippen molar-refractivity contribution in [2.75, 3.05) is 5.75 Å². The Morgan fingerprint density at radius 3 is 2.74 bits per heavy atom. The van der Waals surface area contributed by atoms with Gasteiger partial charge in [0, 0.05) is 33.8 Å². The van der Waals surface area contributed by atoms with Gasteiger partial charge in [-0.1, -0.05) is 19.1 Å². The summed E-state index contributed by atoms with van der Waals surface area (Å²) in [6.07, 6.45) is 3.94. The van der Waals surface area contributed by atoms with Crippen molar-refractivity contribution >= 4 is 37.1 Å². The standard InChI is InChI=1S/C19H16BrF2NO3S/c1-2-7-27(25,26)10-11-3-5-15(21)17(18(11)22)19(24)13-4-6-16-14(13)8-12(20)9-23-16/h3-5,8-9H,2,6-7,10H2,1H3. The normalized spacial score (nSPS) is 13.4. The molecule has 27 heavy (non-hydrogen) atoms. The monoisotopic (exact) mass is 455 g/mol. The molecule has 0 fully saturated rings. The van der Waals surface area contributed by atoms with Crippen LogP contribution in [0.25, 0.3) is 5.57 Å². The molecule has 0 aliphatic heterocycles. The molecule has 0 unspecified atom stereocenters. The highest BCUT2D eigenvalue weighted by molar-refractivity contribution is 9.10. The van der Waals surface area contributed by atoms with Crippen LogP contribution in [-0.2, 0) is 22.0 Å². The number of pyridine rings is 1. The van der Waals surface area contributed by atoms with Gasteiger partial charge in [-0.05, 0) is 34.5 Å². The van der Waals surface area contributed by atoms with Crippen LogP contribution in [0.3, 0.4) is 0 Å². The van der Waals surface area contributed by atoms with Crippen molar-refractivity contribution < 1.29 is 22.0 Å². The molecule has 3 rings (SSSR count). The number of carbonyl (C=O) groups is 1. The third-order valence-corrected chi connectivity index (χ3v) is 6.47. The van der Waals surface area contributed by atoms with Crippen LogP contribution < -0.4 is 0 Å². The van der Waals surface area contributed by atoms with Crippen LogP contribution in [0.15, 0.2) is 34.9 Å². The number of allylic oxidation sites excluding steroid dienone is 2. The van der Waals surface area contributed by atoms with Crippen molar-refractivity contribution in [2.24, 2.45) is 0 Å². The van der Waals surface area contributed by atoms with E-state index in [1.54, 1.807) is 25.3 Å². The third-order valence-electron chi connectivity index (χ3n) is 4.26. The predicted molar refractivity (Wildman–Crippen MR) is 102 cm³/mol. The van der Waals surface area contributed by atoms with Crippen LogP contribution in [0.4, 0.5) is 8.78 Å². The van der Waals surface area contributed by atoms with Crippen molar-refractivity contribution in [3.05, 3.63) is 69.0 Å². The van der Waals surface area contributed by atoms with Gasteiger partial charge < -0.3 is 0 Å². The Labute approximate surface area is 164 Å². The van der Waals surface area contributed by atoms with E-state index >= 15 is 0 Å². The number of hydrogen-bond donors (Lipinski definition) is 0. The lowest BCUT2D eigenvalue weighted by molar-refractivity contribution is 0.104. The molecule has 1 aromatic carbocycles. The van der Waals surface area contributed by atoms with Crippen molar-refractivity contribution in [1.29, 1.82) is 0 Å². The number of rotatable bonds is 6. The highest BCUT2D eigenvalue weighted by Crippen LogP contribution is 2.33. The van der Waals surface area contributed by atoms with Gasteiger partial charge in [-0.15, -0.1) is 0 Å². The summed E-state index contributed by atoms with van der Waals surface area (Å²) in [6, 6.07) is 3.68. The number of hydrogen-bond acceptors (Lipinski definition) is 4. The largest absolute Gasteiger partial charge is 0.288 e. The number of carbonyl (C=O) groups excluding carboxylic acids is 1. The number of benzene rings is 1. The molecule has 0 saturated carbocycles. The molecule has 0 radical (unpaired) electrons. The zero-order valence-electron chi connectivity index (χ0n) is 14.4. The van der Waals surface area contributed by atoms with Crippen LogP contribution in [0.2, 0.25) is 0 Å². The second kappa shape index (κ2) is 7.59. The van der Waals surface area contributed by atoms with E-state index in [4.69, 9.17) is 0 Å². The number of ketones is 1. The molecule has 1 heterocycles. The lowest BCUT2D eigenvalue weighted by Gasteiger charge is -2.11. The number of fused-ring (bicyclic) bond motifs is 1. The molecule has 4 nitrogen and oxygen atoms in total. The van der Waals surface area contributed by atoms with E-state index < -0.39 is 38.6 Å². The van der Waals surface area contributed by atoms with Crippen molar-refractivity contribution in [3.63, 3.8) is 0 Å². The fourth-order valence-electron chi connectivity index (χ4n) is 3.06. The van der Waals surface area contributed by atoms with E-state index in [-0.39, 0.29) is 16.9 Å². The van der Waals surface area contributed by atoms with Crippen molar-refractivity contribution in [3.8, 4) is 0 Å². The van der Waals surface area contributed by atoms with Crippen LogP contribution in [0.5, 0.6) is 0 Å². The molecule has 2 aromatic rings. The first kappa shape index (κ1) is 19.8. The predicted octanol–water partition coefficient (Wildman–Crippen LogP) is 4.27. The van der Waals surface area contributed by atoms with E-state index in [2.05, 4.69) is 20.9 Å². The number of halogens is 3. The third kappa shape index (κ3) is 4.01. The highest BCUT2D eigenvalue weighted by Gasteiger charge is 2.29. The molecule has 142 valence electrons. The summed E-state index contributed by atoms with van der Waals surface area (Å²) < 4.78 is 53.8. The lowest BCUT2D eigenvalue weighted by Crippen LogP contribution is -2.14. The Kier molecular flexibility index (Phi) is 5.58. The van der Waals surface area contributed by atoms with Gasteiger partial charge in [-0.2, -0.15) is 0 Å². The molecular weight excluding hydrogens is 440 g/mol. The summed E-state index contributed by atoms with van der Waals surface area (Å²) in [6.45, 7) is 1.70. The molecule has 8 heteroatoms. The number of aromatic nitrogens is 1. The van der Waals surface area contributed by atoms with Crippen LogP contribution in [0.1, 0.15) is 40.5 Å². The van der Waals surface area contributed by atoms with E-state index in [1.165, 1.54) is 0 Å². The minimum absolute atomic E-state index is 0.106. The molecule has 0 saturated heterocycles. The Morgan fingerprint density at radius 1 is 1.30 bits per heavy atom. The first-order valence-corrected chi connectivity index (χ1v) is 10.9. The summed E-state index contributed by atoms with van der Waals surface area (Å²) in [5.41, 5.74) is 0.365. The van der Waals surface area contributed by atoms with Crippen LogP contribution >= 0.6 is 15.9 Å². The minimum Gasteiger partial charge on any atom is -0.288 e. The molecule has 0 N–H and O–H groups in total. The average Bonchev–Trinajstić information content (AvgIpc) is 3.00. The van der Waals surface area contributed by atoms with Gasteiger partial charge in [0.1, 0.15) is 11.6 Å². The van der Waals surface area contributed by atoms with Crippen LogP contribution in [0, 0.1) is 11.6 Å². The molecule has 1 aliphatic rings. The first-order chi connectivity index (χ1) is 12.7. The van der Waals surface area contributed by atoms with Gasteiger partial charge in [0.25, 0.3) is 0 Å². The van der Waals surface area contributed by atoms with Gasteiger partial charge >= 0.3 is 0 Å². The average molecular weight is 456 g/mol. The van der Waals surface area contributed by atoms with Gasteiger partial charge in [-0.25, -0.2) is 17.2 Å². The molecule has 0 atom stereocenters. The van der Waals surface area contributed by atoms with E-state index in [0.29, 0.717) is 28.6 Å². The number of sulfone groups is 1. The SMILES string of the molecule is CCCS(=O)(=O)Cc1ccc(F)c(C(=O)C2=CCc3ncc(Br)cc32)c1F. The maximum atomic E-state index is 14.9. The first-order valence-electron chi connectivity index (χ1n) is 8.30. The number of nitrogens with zero attached hydrogens (tertiary/aromatic N) is 1. The quantitative estimate of drug-likeness (QED) is 0.610. The topological polar surface area (TPSA) is 64.1 Å². The summed E-state index contributed by atoms with van der Waals surface area (Å²) in [5.74, 6) is -3.65. The summed E-state index contributed by atoms with van der Waals surface area (Å²) in [7, 11) is -3.54. The van der Waals surface area contributed by atoms with Gasteiger partial charge in [0.05, 0.1) is 22.8 Å². The Hall–Kier alpha value is -1.93. The lowest BCUT2D eigenvalue weighted by atomic mass is 9.97. The Bertz CT molecular complexity index is 1060. The summed E-state index contributed by atoms with van der Waals surface area (Å²) in [5, 5.41) is 0. The van der Waals surface area contributed by atoms with Crippen molar-refractivity contribution in [2.45, 2.75) is 25.5 Å². The molecule has 0 spiro atoms. The Balaban J connectivity index is 2.02. The molecule has 0 amide bonds. The van der Waals surface area contributed by atoms with Crippen LogP contribution in [-0.4, -0.2) is 24.9 Å². The van der Waals surface area contributed by atoms with Gasteiger partial charge in [0.2, 0.25) is 0 Å². The fourth-order valence-corrected chi connectivity index (χ4v) is 4.85. The Morgan fingerprint density at radius 2 is 2.04 bits per heavy atom. The maximum absolute atomic E-state index is 14.9. The maximum Gasteiger partial charge on any atom is 0.199 e. The minimum atomic E-state index is -3.54. The molecular formula is C19H16BrF2NO3S. The van der Waals surface area contributed by atoms with Gasteiger partial charge in [0.15, 0.2) is 15.6 Å². The van der Waals surface area contributed by atoms with Gasteiger partial charge in [-0.3, -0.25) is 9.78 Å². The van der Waals surface area contributed by atoms with E-state index in [0.717, 1.165) is 12.1 Å². The van der Waals surface area contributed by atoms with E-state index in [9.17, 15) is 22.0 Å². The fraction of sp³-hybridized carbons (Fsp3) is 0.263. The zero-order valence-corrected chi connectivity index (χ0v) is 16.8.